The summed E-state index contributed by atoms with van der Waals surface area (Å²) in [7, 11) is 3.06. The fraction of sp³-hybridized carbons (Fsp3) is 0.105. The monoisotopic (exact) mass is 367 g/mol. The number of hydrogen-bond acceptors (Lipinski definition) is 6. The average molecular weight is 367 g/mol. The van der Waals surface area contributed by atoms with Crippen LogP contribution in [0.3, 0.4) is 0 Å². The Balaban J connectivity index is 1.72. The van der Waals surface area contributed by atoms with E-state index in [4.69, 9.17) is 14.0 Å². The Kier molecular flexibility index (Phi) is 5.36. The van der Waals surface area contributed by atoms with Crippen molar-refractivity contribution in [3.63, 3.8) is 0 Å². The summed E-state index contributed by atoms with van der Waals surface area (Å²) in [4.78, 5) is 24.2. The van der Waals surface area contributed by atoms with E-state index in [9.17, 15) is 9.59 Å². The Hall–Kier alpha value is -3.81. The summed E-state index contributed by atoms with van der Waals surface area (Å²) in [5.74, 6) is 0.406. The van der Waals surface area contributed by atoms with Gasteiger partial charge >= 0.3 is 0 Å². The van der Waals surface area contributed by atoms with Gasteiger partial charge < -0.3 is 14.0 Å². The number of carbonyl (C=O) groups excluding carboxylic acids is 2. The van der Waals surface area contributed by atoms with E-state index >= 15 is 0 Å². The third kappa shape index (κ3) is 4.06. The van der Waals surface area contributed by atoms with Crippen LogP contribution in [0.25, 0.3) is 11.3 Å². The second-order valence-electron chi connectivity index (χ2n) is 5.42. The first kappa shape index (κ1) is 18.0. The van der Waals surface area contributed by atoms with E-state index in [1.807, 2.05) is 0 Å². The van der Waals surface area contributed by atoms with Crippen LogP contribution in [0.1, 0.15) is 20.8 Å². The summed E-state index contributed by atoms with van der Waals surface area (Å²) < 4.78 is 15.7. The predicted molar refractivity (Wildman–Crippen MR) is 96.4 cm³/mol. The number of aromatic nitrogens is 1. The zero-order chi connectivity index (χ0) is 19.2. The zero-order valence-electron chi connectivity index (χ0n) is 14.7. The van der Waals surface area contributed by atoms with Gasteiger partial charge in [0.05, 0.1) is 19.8 Å². The third-order valence-electron chi connectivity index (χ3n) is 3.74. The van der Waals surface area contributed by atoms with Gasteiger partial charge in [0.25, 0.3) is 11.8 Å². The first-order valence-electron chi connectivity index (χ1n) is 7.97. The highest BCUT2D eigenvalue weighted by molar-refractivity contribution is 5.98. The predicted octanol–water partition coefficient (Wildman–Crippen LogP) is 2.43. The van der Waals surface area contributed by atoms with Crippen molar-refractivity contribution < 1.29 is 23.6 Å². The molecule has 8 heteroatoms. The molecule has 27 heavy (non-hydrogen) atoms. The minimum absolute atomic E-state index is 0.00300. The smallest absolute Gasteiger partial charge is 0.291 e. The number of ether oxygens (including phenoxy) is 2. The number of nitrogens with zero attached hydrogens (tertiary/aromatic N) is 1. The van der Waals surface area contributed by atoms with Crippen molar-refractivity contribution in [2.75, 3.05) is 14.2 Å². The van der Waals surface area contributed by atoms with Crippen molar-refractivity contribution >= 4 is 11.8 Å². The van der Waals surface area contributed by atoms with Crippen molar-refractivity contribution in [1.82, 2.24) is 16.0 Å². The third-order valence-corrected chi connectivity index (χ3v) is 3.74. The molecule has 0 aliphatic rings. The molecule has 0 bridgehead atoms. The Morgan fingerprint density at radius 3 is 2.37 bits per heavy atom. The summed E-state index contributed by atoms with van der Waals surface area (Å²) in [5.41, 5.74) is 5.62. The highest BCUT2D eigenvalue weighted by Crippen LogP contribution is 2.33. The summed E-state index contributed by atoms with van der Waals surface area (Å²) >= 11 is 0. The molecule has 2 aromatic carbocycles. The lowest BCUT2D eigenvalue weighted by molar-refractivity contribution is 0.0841. The second kappa shape index (κ2) is 8.05. The van der Waals surface area contributed by atoms with Crippen molar-refractivity contribution in [1.29, 1.82) is 0 Å². The molecule has 0 atom stereocenters. The van der Waals surface area contributed by atoms with Crippen molar-refractivity contribution in [2.45, 2.75) is 0 Å². The van der Waals surface area contributed by atoms with Crippen LogP contribution in [-0.2, 0) is 0 Å². The van der Waals surface area contributed by atoms with Crippen LogP contribution in [0.4, 0.5) is 0 Å². The molecule has 0 saturated carbocycles. The number of nitrogens with one attached hydrogen (secondary N) is 2. The first-order chi connectivity index (χ1) is 13.1. The molecule has 138 valence electrons. The van der Waals surface area contributed by atoms with Crippen molar-refractivity contribution in [2.24, 2.45) is 0 Å². The van der Waals surface area contributed by atoms with E-state index in [1.54, 1.807) is 55.6 Å². The molecule has 2 N–H and O–H groups in total. The number of amides is 2. The molecule has 0 aliphatic carbocycles. The molecule has 0 aliphatic heterocycles. The van der Waals surface area contributed by atoms with Gasteiger partial charge in [-0.2, -0.15) is 0 Å². The molecule has 0 saturated heterocycles. The molecular formula is C19H17N3O5. The van der Waals surface area contributed by atoms with E-state index < -0.39 is 11.8 Å². The topological polar surface area (TPSA) is 103 Å². The zero-order valence-corrected chi connectivity index (χ0v) is 14.7. The molecule has 2 amide bonds. The van der Waals surface area contributed by atoms with Crippen LogP contribution >= 0.6 is 0 Å². The van der Waals surface area contributed by atoms with Gasteiger partial charge in [-0.15, -0.1) is 0 Å². The van der Waals surface area contributed by atoms with E-state index in [-0.39, 0.29) is 5.69 Å². The maximum Gasteiger partial charge on any atom is 0.291 e. The van der Waals surface area contributed by atoms with Crippen molar-refractivity contribution in [3.8, 4) is 22.8 Å². The number of benzene rings is 2. The Morgan fingerprint density at radius 1 is 0.926 bits per heavy atom. The Labute approximate surface area is 155 Å². The molecular weight excluding hydrogens is 350 g/mol. The van der Waals surface area contributed by atoms with Crippen molar-refractivity contribution in [3.05, 3.63) is 65.9 Å². The van der Waals surface area contributed by atoms with E-state index in [1.165, 1.54) is 13.2 Å². The van der Waals surface area contributed by atoms with Crippen LogP contribution in [0.2, 0.25) is 0 Å². The van der Waals surface area contributed by atoms with E-state index in [2.05, 4.69) is 16.0 Å². The first-order valence-corrected chi connectivity index (χ1v) is 7.97. The highest BCUT2D eigenvalue weighted by Gasteiger charge is 2.18. The fourth-order valence-corrected chi connectivity index (χ4v) is 2.36. The highest BCUT2D eigenvalue weighted by atomic mass is 16.5. The van der Waals surface area contributed by atoms with Gasteiger partial charge in [-0.05, 0) is 30.3 Å². The van der Waals surface area contributed by atoms with Crippen LogP contribution < -0.4 is 20.3 Å². The van der Waals surface area contributed by atoms with Crippen LogP contribution in [-0.4, -0.2) is 31.2 Å². The lowest BCUT2D eigenvalue weighted by Gasteiger charge is -2.07. The molecule has 0 spiro atoms. The largest absolute Gasteiger partial charge is 0.497 e. The van der Waals surface area contributed by atoms with Crippen LogP contribution in [0.15, 0.2) is 59.1 Å². The summed E-state index contributed by atoms with van der Waals surface area (Å²) in [5, 5.41) is 3.74. The SMILES string of the molecule is COc1ccc(OC)c(-c2cc(C(=O)NNC(=O)c3ccccc3)no2)c1. The van der Waals surface area contributed by atoms with Crippen LogP contribution in [0, 0.1) is 0 Å². The number of methoxy groups -OCH3 is 2. The standard InChI is InChI=1S/C19H17N3O5/c1-25-13-8-9-16(26-2)14(10-13)17-11-15(22-27-17)19(24)21-20-18(23)12-6-4-3-5-7-12/h3-11H,1-2H3,(H,20,23)(H,21,24). The molecule has 0 radical (unpaired) electrons. The Morgan fingerprint density at radius 2 is 1.67 bits per heavy atom. The van der Waals surface area contributed by atoms with Gasteiger partial charge in [-0.1, -0.05) is 23.4 Å². The lowest BCUT2D eigenvalue weighted by Crippen LogP contribution is -2.41. The van der Waals surface area contributed by atoms with Crippen LogP contribution in [0.5, 0.6) is 11.5 Å². The second-order valence-corrected chi connectivity index (χ2v) is 5.42. The number of hydrogen-bond donors (Lipinski definition) is 2. The normalized spacial score (nSPS) is 10.1. The number of hydrazine groups is 1. The minimum atomic E-state index is -0.615. The molecule has 1 aromatic heterocycles. The number of rotatable bonds is 5. The van der Waals surface area contributed by atoms with Gasteiger partial charge in [0.2, 0.25) is 0 Å². The van der Waals surface area contributed by atoms with E-state index in [0.29, 0.717) is 28.4 Å². The fourth-order valence-electron chi connectivity index (χ4n) is 2.36. The van der Waals surface area contributed by atoms with Gasteiger partial charge in [0.15, 0.2) is 11.5 Å². The molecule has 8 nitrogen and oxygen atoms in total. The Bertz CT molecular complexity index is 953. The molecule has 0 fully saturated rings. The van der Waals surface area contributed by atoms with Gasteiger partial charge in [0, 0.05) is 11.6 Å². The average Bonchev–Trinajstić information content (AvgIpc) is 3.22. The quantitative estimate of drug-likeness (QED) is 0.672. The van der Waals surface area contributed by atoms with Gasteiger partial charge in [0.1, 0.15) is 11.5 Å². The maximum absolute atomic E-state index is 12.2. The molecule has 1 heterocycles. The molecule has 3 rings (SSSR count). The molecule has 0 unspecified atom stereocenters. The van der Waals surface area contributed by atoms with Gasteiger partial charge in [-0.3, -0.25) is 20.4 Å². The van der Waals surface area contributed by atoms with E-state index in [0.717, 1.165) is 0 Å². The summed E-state index contributed by atoms with van der Waals surface area (Å²) in [6.45, 7) is 0. The van der Waals surface area contributed by atoms with Gasteiger partial charge in [-0.25, -0.2) is 0 Å². The lowest BCUT2D eigenvalue weighted by atomic mass is 10.1. The summed E-state index contributed by atoms with van der Waals surface area (Å²) in [6.07, 6.45) is 0. The molecule has 3 aromatic rings. The maximum atomic E-state index is 12.2. The minimum Gasteiger partial charge on any atom is -0.497 e. The summed E-state index contributed by atoms with van der Waals surface area (Å²) in [6, 6.07) is 15.1. The number of carbonyl (C=O) groups is 2.